The molecule has 1 N–H and O–H groups in total. The van der Waals surface area contributed by atoms with Crippen LogP contribution in [-0.2, 0) is 25.9 Å². The van der Waals surface area contributed by atoms with Crippen LogP contribution in [0.25, 0.3) is 11.1 Å². The lowest BCUT2D eigenvalue weighted by molar-refractivity contribution is 0.0557. The van der Waals surface area contributed by atoms with Crippen LogP contribution in [0.2, 0.25) is 0 Å². The zero-order valence-electron chi connectivity index (χ0n) is 22.8. The van der Waals surface area contributed by atoms with Gasteiger partial charge >= 0.3 is 0 Å². The van der Waals surface area contributed by atoms with Crippen molar-refractivity contribution in [3.63, 3.8) is 0 Å². The van der Waals surface area contributed by atoms with E-state index >= 15 is 0 Å². The molecule has 0 spiro atoms. The molecule has 4 rings (SSSR count). The number of rotatable bonds is 10. The summed E-state index contributed by atoms with van der Waals surface area (Å²) in [5.74, 6) is -3.10. The maximum atomic E-state index is 14.2. The summed E-state index contributed by atoms with van der Waals surface area (Å²) in [5, 5.41) is 20.2. The second-order valence-corrected chi connectivity index (χ2v) is 11.3. The molecule has 0 bridgehead atoms. The molecule has 218 valence electrons. The number of pyridine rings is 1. The van der Waals surface area contributed by atoms with Crippen LogP contribution in [0.3, 0.4) is 0 Å². The minimum Gasteiger partial charge on any atom is -0.492 e. The number of hydrogen-bond acceptors (Lipinski definition) is 9. The number of nitrogens with zero attached hydrogens (tertiary/aromatic N) is 4. The largest absolute Gasteiger partial charge is 0.492 e. The Morgan fingerprint density at radius 1 is 1.10 bits per heavy atom. The average molecular weight is 597 g/mol. The molecule has 2 aromatic heterocycles. The molecule has 0 aliphatic carbocycles. The molecule has 0 aliphatic heterocycles. The van der Waals surface area contributed by atoms with Crippen molar-refractivity contribution in [1.29, 1.82) is 5.26 Å². The Bertz CT molecular complexity index is 1800. The van der Waals surface area contributed by atoms with Gasteiger partial charge in [0.05, 0.1) is 35.3 Å². The van der Waals surface area contributed by atoms with Crippen LogP contribution in [0.15, 0.2) is 75.5 Å². The van der Waals surface area contributed by atoms with Gasteiger partial charge in [-0.3, -0.25) is 14.3 Å². The van der Waals surface area contributed by atoms with Crippen LogP contribution >= 0.6 is 0 Å². The molecule has 13 heteroatoms. The van der Waals surface area contributed by atoms with Crippen LogP contribution in [0.1, 0.15) is 36.8 Å². The highest BCUT2D eigenvalue weighted by molar-refractivity contribution is 7.91. The third-order valence-corrected chi connectivity index (χ3v) is 8.05. The number of methoxy groups -OCH3 is 1. The number of sulfone groups is 1. The Hall–Kier alpha value is -4.51. The maximum absolute atomic E-state index is 14.2. The lowest BCUT2D eigenvalue weighted by Crippen LogP contribution is -2.35. The van der Waals surface area contributed by atoms with Gasteiger partial charge in [0.1, 0.15) is 24.1 Å². The lowest BCUT2D eigenvalue weighted by Gasteiger charge is -2.24. The first-order valence-electron chi connectivity index (χ1n) is 12.6. The predicted molar refractivity (Wildman–Crippen MR) is 146 cm³/mol. The summed E-state index contributed by atoms with van der Waals surface area (Å²) in [5.41, 5.74) is 0.0530. The highest BCUT2D eigenvalue weighted by Crippen LogP contribution is 2.30. The van der Waals surface area contributed by atoms with Gasteiger partial charge in [0, 0.05) is 31.1 Å². The zero-order chi connectivity index (χ0) is 30.6. The molecule has 10 nitrogen and oxygen atoms in total. The molecule has 0 radical (unpaired) electrons. The fourth-order valence-corrected chi connectivity index (χ4v) is 5.69. The molecule has 0 unspecified atom stereocenters. The van der Waals surface area contributed by atoms with Crippen molar-refractivity contribution in [2.45, 2.75) is 42.4 Å². The smallest absolute Gasteiger partial charge is 0.277 e. The van der Waals surface area contributed by atoms with Crippen LogP contribution in [0, 0.1) is 23.0 Å². The maximum Gasteiger partial charge on any atom is 0.277 e. The third-order valence-electron chi connectivity index (χ3n) is 6.27. The van der Waals surface area contributed by atoms with Crippen LogP contribution in [-0.4, -0.2) is 47.9 Å². The molecule has 0 fully saturated rings. The second-order valence-electron chi connectivity index (χ2n) is 9.45. The highest BCUT2D eigenvalue weighted by atomic mass is 32.2. The van der Waals surface area contributed by atoms with E-state index in [-0.39, 0.29) is 35.6 Å². The summed E-state index contributed by atoms with van der Waals surface area (Å²) in [4.78, 5) is 20.5. The number of nitriles is 1. The van der Waals surface area contributed by atoms with E-state index in [4.69, 9.17) is 9.47 Å². The molecule has 0 saturated carbocycles. The van der Waals surface area contributed by atoms with E-state index in [0.717, 1.165) is 16.7 Å². The van der Waals surface area contributed by atoms with Crippen molar-refractivity contribution in [3.05, 3.63) is 99.9 Å². The van der Waals surface area contributed by atoms with Crippen molar-refractivity contribution in [3.8, 4) is 23.1 Å². The van der Waals surface area contributed by atoms with E-state index in [9.17, 15) is 32.4 Å². The number of benzene rings is 2. The fraction of sp³-hybridized carbons (Fsp3) is 0.241. The Labute approximate surface area is 240 Å². The van der Waals surface area contributed by atoms with Gasteiger partial charge in [0.25, 0.3) is 5.56 Å². The van der Waals surface area contributed by atoms with Crippen molar-refractivity contribution < 1.29 is 31.8 Å². The van der Waals surface area contributed by atoms with E-state index in [1.165, 1.54) is 49.8 Å². The first-order chi connectivity index (χ1) is 20.0. The lowest BCUT2D eigenvalue weighted by atomic mass is 10.0. The summed E-state index contributed by atoms with van der Waals surface area (Å²) in [6, 6.07) is 10.2. The van der Waals surface area contributed by atoms with E-state index < -0.39 is 43.8 Å². The highest BCUT2D eigenvalue weighted by Gasteiger charge is 2.32. The summed E-state index contributed by atoms with van der Waals surface area (Å²) in [6.45, 7) is 2.79. The number of halogens is 2. The monoisotopic (exact) mass is 596 g/mol. The Kier molecular flexibility index (Phi) is 9.11. The molecule has 0 saturated heterocycles. The number of aromatic hydroxyl groups is 1. The predicted octanol–water partition coefficient (Wildman–Crippen LogP) is 4.15. The normalized spacial score (nSPS) is 12.3. The minimum atomic E-state index is -4.69. The van der Waals surface area contributed by atoms with Gasteiger partial charge in [-0.15, -0.1) is 0 Å². The second kappa shape index (κ2) is 12.6. The van der Waals surface area contributed by atoms with Crippen LogP contribution in [0.5, 0.6) is 5.88 Å². The van der Waals surface area contributed by atoms with E-state index in [1.54, 1.807) is 13.8 Å². The van der Waals surface area contributed by atoms with Gasteiger partial charge in [-0.2, -0.15) is 10.2 Å². The average Bonchev–Trinajstić information content (AvgIpc) is 2.94. The topological polar surface area (TPSA) is 144 Å². The first-order valence-corrected chi connectivity index (χ1v) is 14.1. The van der Waals surface area contributed by atoms with Crippen molar-refractivity contribution in [2.24, 2.45) is 0 Å². The van der Waals surface area contributed by atoms with E-state index in [2.05, 4.69) is 9.97 Å². The van der Waals surface area contributed by atoms with Gasteiger partial charge < -0.3 is 14.6 Å². The van der Waals surface area contributed by atoms with Crippen LogP contribution in [0.4, 0.5) is 8.78 Å². The summed E-state index contributed by atoms with van der Waals surface area (Å²) < 4.78 is 67.6. The molecule has 0 aliphatic rings. The fourth-order valence-electron chi connectivity index (χ4n) is 4.35. The van der Waals surface area contributed by atoms with Gasteiger partial charge in [-0.1, -0.05) is 12.1 Å². The Morgan fingerprint density at radius 2 is 1.76 bits per heavy atom. The van der Waals surface area contributed by atoms with Gasteiger partial charge in [0.15, 0.2) is 4.90 Å². The first kappa shape index (κ1) is 30.4. The minimum absolute atomic E-state index is 0.0350. The van der Waals surface area contributed by atoms with Crippen molar-refractivity contribution >= 4 is 9.84 Å². The molecular formula is C29H26F2N4O6S. The summed E-state index contributed by atoms with van der Waals surface area (Å²) in [6.07, 6.45) is 2.57. The van der Waals surface area contributed by atoms with Crippen molar-refractivity contribution in [2.75, 3.05) is 13.7 Å². The molecule has 2 aromatic carbocycles. The molecule has 2 heterocycles. The Morgan fingerprint density at radius 3 is 2.36 bits per heavy atom. The third kappa shape index (κ3) is 6.20. The SMILES string of the molecule is COC[C@@H](c1cc(F)cc(F)c1)n1c(COC(C)C)nc(O)c(S(=O)(=O)c2ccc(-c3cnccc3C#N)cc2)c1=O. The summed E-state index contributed by atoms with van der Waals surface area (Å²) in [7, 11) is -3.39. The number of hydrogen-bond donors (Lipinski definition) is 1. The number of aromatic nitrogens is 3. The summed E-state index contributed by atoms with van der Waals surface area (Å²) >= 11 is 0. The quantitative estimate of drug-likeness (QED) is 0.285. The van der Waals surface area contributed by atoms with Gasteiger partial charge in [-0.25, -0.2) is 17.2 Å². The molecule has 1 atom stereocenters. The molecule has 4 aromatic rings. The van der Waals surface area contributed by atoms with E-state index in [0.29, 0.717) is 22.8 Å². The van der Waals surface area contributed by atoms with Gasteiger partial charge in [-0.05, 0) is 55.3 Å². The number of ether oxygens (including phenoxy) is 2. The zero-order valence-corrected chi connectivity index (χ0v) is 23.6. The molecule has 42 heavy (non-hydrogen) atoms. The van der Waals surface area contributed by atoms with Gasteiger partial charge in [0.2, 0.25) is 15.7 Å². The standard InChI is InChI=1S/C29H26F2N4O6S/c1-17(2)41-16-26-34-28(36)27(29(37)35(26)25(15-40-3)20-10-21(30)12-22(31)11-20)42(38,39)23-6-4-18(5-7-23)24-14-33-9-8-19(24)13-32/h4-12,14,17,25,36H,15-16H2,1-3H3/t25-/m0/s1. The van der Waals surface area contributed by atoms with Crippen LogP contribution < -0.4 is 5.56 Å². The Balaban J connectivity index is 1.91. The van der Waals surface area contributed by atoms with Crippen molar-refractivity contribution in [1.82, 2.24) is 14.5 Å². The molecular weight excluding hydrogens is 570 g/mol. The van der Waals surface area contributed by atoms with E-state index in [1.807, 2.05) is 6.07 Å². The molecule has 0 amide bonds.